The largest absolute Gasteiger partial charge is 0.491 e. The van der Waals surface area contributed by atoms with Crippen LogP contribution in [0.15, 0.2) is 24.3 Å². The molecule has 0 heterocycles. The number of aliphatic hydroxyl groups is 1. The summed E-state index contributed by atoms with van der Waals surface area (Å²) in [6, 6.07) is 6.83. The molecule has 1 aromatic carbocycles. The van der Waals surface area contributed by atoms with Crippen LogP contribution in [0.2, 0.25) is 0 Å². The highest BCUT2D eigenvalue weighted by molar-refractivity contribution is 5.90. The van der Waals surface area contributed by atoms with Gasteiger partial charge in [-0.1, -0.05) is 26.0 Å². The third-order valence-electron chi connectivity index (χ3n) is 3.13. The number of nitrogens with one attached hydrogen (secondary N) is 1. The summed E-state index contributed by atoms with van der Waals surface area (Å²) in [6.45, 7) is 5.33. The molecule has 0 saturated heterocycles. The number of benzene rings is 1. The lowest BCUT2D eigenvalue weighted by molar-refractivity contribution is 0.0692. The Labute approximate surface area is 119 Å². The van der Waals surface area contributed by atoms with E-state index < -0.39 is 5.97 Å². The van der Waals surface area contributed by atoms with Crippen LogP contribution in [0, 0.1) is 5.92 Å². The zero-order chi connectivity index (χ0) is 15.0. The number of aliphatic hydroxyl groups excluding tert-OH is 1. The Kier molecular flexibility index (Phi) is 7.04. The SMILES string of the molecule is CC(C)C(CCO)NCCOc1ccccc1C(=O)O. The van der Waals surface area contributed by atoms with Crippen molar-refractivity contribution in [2.24, 2.45) is 5.92 Å². The summed E-state index contributed by atoms with van der Waals surface area (Å²) in [6.07, 6.45) is 0.698. The van der Waals surface area contributed by atoms with Crippen molar-refractivity contribution in [3.8, 4) is 5.75 Å². The van der Waals surface area contributed by atoms with Gasteiger partial charge in [0.25, 0.3) is 0 Å². The number of ether oxygens (including phenoxy) is 1. The molecule has 0 aliphatic carbocycles. The lowest BCUT2D eigenvalue weighted by atomic mass is 10.0. The zero-order valence-corrected chi connectivity index (χ0v) is 12.0. The lowest BCUT2D eigenvalue weighted by Gasteiger charge is -2.21. The molecule has 3 N–H and O–H groups in total. The Balaban J connectivity index is 2.43. The van der Waals surface area contributed by atoms with Crippen molar-refractivity contribution < 1.29 is 19.7 Å². The standard InChI is InChI=1S/C15H23NO4/c1-11(2)13(7-9-17)16-8-10-20-14-6-4-3-5-12(14)15(18)19/h3-6,11,13,16-17H,7-10H2,1-2H3,(H,18,19). The van der Waals surface area contributed by atoms with Crippen LogP contribution in [-0.4, -0.2) is 42.0 Å². The third-order valence-corrected chi connectivity index (χ3v) is 3.13. The van der Waals surface area contributed by atoms with Gasteiger partial charge in [0.2, 0.25) is 0 Å². The van der Waals surface area contributed by atoms with Gasteiger partial charge in [-0.25, -0.2) is 4.79 Å². The molecule has 112 valence electrons. The Bertz CT molecular complexity index is 420. The summed E-state index contributed by atoms with van der Waals surface area (Å²) in [7, 11) is 0. The minimum absolute atomic E-state index is 0.151. The van der Waals surface area contributed by atoms with E-state index in [0.717, 1.165) is 0 Å². The van der Waals surface area contributed by atoms with Gasteiger partial charge in [-0.2, -0.15) is 0 Å². The van der Waals surface area contributed by atoms with Gasteiger partial charge in [0, 0.05) is 19.2 Å². The predicted octanol–water partition coefficient (Wildman–Crippen LogP) is 1.76. The molecule has 1 aromatic rings. The van der Waals surface area contributed by atoms with Crippen LogP contribution >= 0.6 is 0 Å². The summed E-state index contributed by atoms with van der Waals surface area (Å²) in [5.74, 6) is -0.188. The maximum Gasteiger partial charge on any atom is 0.339 e. The predicted molar refractivity (Wildman–Crippen MR) is 77.2 cm³/mol. The van der Waals surface area contributed by atoms with E-state index in [9.17, 15) is 4.79 Å². The summed E-state index contributed by atoms with van der Waals surface area (Å²) in [5.41, 5.74) is 0.170. The average Bonchev–Trinajstić information content (AvgIpc) is 2.42. The first-order valence-corrected chi connectivity index (χ1v) is 6.85. The summed E-state index contributed by atoms with van der Waals surface area (Å²) >= 11 is 0. The van der Waals surface area contributed by atoms with Crippen molar-refractivity contribution in [3.05, 3.63) is 29.8 Å². The second-order valence-corrected chi connectivity index (χ2v) is 4.97. The molecule has 0 spiro atoms. The van der Waals surface area contributed by atoms with E-state index >= 15 is 0 Å². The van der Waals surface area contributed by atoms with E-state index in [1.165, 1.54) is 6.07 Å². The van der Waals surface area contributed by atoms with E-state index in [4.69, 9.17) is 14.9 Å². The molecule has 5 heteroatoms. The number of para-hydroxylation sites is 1. The van der Waals surface area contributed by atoms with Gasteiger partial charge in [0.05, 0.1) is 0 Å². The van der Waals surface area contributed by atoms with E-state index in [-0.39, 0.29) is 18.2 Å². The van der Waals surface area contributed by atoms with Gasteiger partial charge < -0.3 is 20.3 Å². The second kappa shape index (κ2) is 8.55. The fourth-order valence-corrected chi connectivity index (χ4v) is 1.98. The molecule has 0 saturated carbocycles. The van der Waals surface area contributed by atoms with Crippen molar-refractivity contribution in [1.82, 2.24) is 5.32 Å². The molecule has 1 atom stereocenters. The number of hydrogen-bond donors (Lipinski definition) is 3. The van der Waals surface area contributed by atoms with Gasteiger partial charge in [0.15, 0.2) is 0 Å². The normalized spacial score (nSPS) is 12.4. The zero-order valence-electron chi connectivity index (χ0n) is 12.0. The van der Waals surface area contributed by atoms with Crippen molar-refractivity contribution >= 4 is 5.97 Å². The first-order valence-electron chi connectivity index (χ1n) is 6.85. The number of aromatic carboxylic acids is 1. The van der Waals surface area contributed by atoms with Crippen LogP contribution in [0.3, 0.4) is 0 Å². The molecule has 5 nitrogen and oxygen atoms in total. The first-order chi connectivity index (χ1) is 9.56. The molecule has 0 radical (unpaired) electrons. The Hall–Kier alpha value is -1.59. The molecule has 0 amide bonds. The fraction of sp³-hybridized carbons (Fsp3) is 0.533. The Morgan fingerprint density at radius 2 is 2.05 bits per heavy atom. The van der Waals surface area contributed by atoms with Crippen molar-refractivity contribution in [3.63, 3.8) is 0 Å². The molecule has 0 aromatic heterocycles. The molecule has 20 heavy (non-hydrogen) atoms. The monoisotopic (exact) mass is 281 g/mol. The highest BCUT2D eigenvalue weighted by atomic mass is 16.5. The maximum atomic E-state index is 11.0. The van der Waals surface area contributed by atoms with Crippen LogP contribution in [0.1, 0.15) is 30.6 Å². The molecule has 0 aliphatic heterocycles. The van der Waals surface area contributed by atoms with Crippen LogP contribution in [0.4, 0.5) is 0 Å². The average molecular weight is 281 g/mol. The van der Waals surface area contributed by atoms with E-state index in [1.807, 2.05) is 0 Å². The highest BCUT2D eigenvalue weighted by Crippen LogP contribution is 2.17. The molecule has 1 rings (SSSR count). The van der Waals surface area contributed by atoms with Crippen molar-refractivity contribution in [1.29, 1.82) is 0 Å². The second-order valence-electron chi connectivity index (χ2n) is 4.97. The number of rotatable bonds is 9. The van der Waals surface area contributed by atoms with Crippen LogP contribution in [-0.2, 0) is 0 Å². The maximum absolute atomic E-state index is 11.0. The molecule has 0 fully saturated rings. The molecular weight excluding hydrogens is 258 g/mol. The van der Waals surface area contributed by atoms with Crippen LogP contribution in [0.5, 0.6) is 5.75 Å². The minimum Gasteiger partial charge on any atom is -0.491 e. The van der Waals surface area contributed by atoms with E-state index in [1.54, 1.807) is 18.2 Å². The van der Waals surface area contributed by atoms with Gasteiger partial charge in [-0.3, -0.25) is 0 Å². The topological polar surface area (TPSA) is 78.8 Å². The molecule has 1 unspecified atom stereocenters. The lowest BCUT2D eigenvalue weighted by Crippen LogP contribution is -2.37. The van der Waals surface area contributed by atoms with Crippen molar-refractivity contribution in [2.75, 3.05) is 19.8 Å². The summed E-state index contributed by atoms with van der Waals surface area (Å²) in [4.78, 5) is 11.0. The summed E-state index contributed by atoms with van der Waals surface area (Å²) < 4.78 is 5.50. The summed E-state index contributed by atoms with van der Waals surface area (Å²) in [5, 5.41) is 21.3. The van der Waals surface area contributed by atoms with Gasteiger partial charge >= 0.3 is 5.97 Å². The Morgan fingerprint density at radius 1 is 1.35 bits per heavy atom. The minimum atomic E-state index is -0.992. The van der Waals surface area contributed by atoms with Crippen molar-refractivity contribution in [2.45, 2.75) is 26.3 Å². The highest BCUT2D eigenvalue weighted by Gasteiger charge is 2.12. The van der Waals surface area contributed by atoms with Gasteiger partial charge in [-0.05, 0) is 24.5 Å². The number of hydrogen-bond acceptors (Lipinski definition) is 4. The Morgan fingerprint density at radius 3 is 2.65 bits per heavy atom. The van der Waals surface area contributed by atoms with Crippen LogP contribution < -0.4 is 10.1 Å². The van der Waals surface area contributed by atoms with Gasteiger partial charge in [-0.15, -0.1) is 0 Å². The van der Waals surface area contributed by atoms with Crippen LogP contribution in [0.25, 0.3) is 0 Å². The fourth-order valence-electron chi connectivity index (χ4n) is 1.98. The number of carbonyl (C=O) groups is 1. The molecule has 0 aliphatic rings. The third kappa shape index (κ3) is 5.19. The van der Waals surface area contributed by atoms with E-state index in [0.29, 0.717) is 31.2 Å². The quantitative estimate of drug-likeness (QED) is 0.601. The van der Waals surface area contributed by atoms with Gasteiger partial charge in [0.1, 0.15) is 17.9 Å². The smallest absolute Gasteiger partial charge is 0.339 e. The van der Waals surface area contributed by atoms with E-state index in [2.05, 4.69) is 19.2 Å². The number of carboxylic acids is 1. The molecule has 0 bridgehead atoms. The first kappa shape index (κ1) is 16.5. The molecular formula is C15H23NO4. The number of carboxylic acid groups (broad SMARTS) is 1.